The molecule has 0 saturated carbocycles. The van der Waals surface area contributed by atoms with E-state index in [-0.39, 0.29) is 6.04 Å². The molecule has 0 spiro atoms. The summed E-state index contributed by atoms with van der Waals surface area (Å²) >= 11 is 0. The Morgan fingerprint density at radius 2 is 2.26 bits per heavy atom. The Labute approximate surface area is 112 Å². The van der Waals surface area contributed by atoms with Crippen LogP contribution in [0.1, 0.15) is 11.7 Å². The second-order valence-corrected chi connectivity index (χ2v) is 4.73. The van der Waals surface area contributed by atoms with Gasteiger partial charge in [-0.2, -0.15) is 0 Å². The molecule has 1 unspecified atom stereocenters. The van der Waals surface area contributed by atoms with Crippen LogP contribution in [0.5, 0.6) is 5.75 Å². The van der Waals surface area contributed by atoms with E-state index in [1.165, 1.54) is 0 Å². The van der Waals surface area contributed by atoms with Gasteiger partial charge in [0, 0.05) is 19.8 Å². The predicted octanol–water partition coefficient (Wildman–Crippen LogP) is 1.32. The third-order valence-corrected chi connectivity index (χ3v) is 3.43. The number of aryl methyl sites for hydroxylation is 1. The van der Waals surface area contributed by atoms with Crippen LogP contribution in [0, 0.1) is 0 Å². The van der Waals surface area contributed by atoms with Crippen molar-refractivity contribution < 1.29 is 4.74 Å². The molecule has 0 bridgehead atoms. The van der Waals surface area contributed by atoms with Crippen molar-refractivity contribution in [2.24, 2.45) is 12.8 Å². The molecule has 0 amide bonds. The average Bonchev–Trinajstić information content (AvgIpc) is 2.86. The minimum absolute atomic E-state index is 0.0891. The van der Waals surface area contributed by atoms with Crippen molar-refractivity contribution in [3.8, 4) is 5.75 Å². The SMILES string of the molecule is Cn1cnc(C(CN)N2CCOc3ccccc32)c1. The smallest absolute Gasteiger partial charge is 0.142 e. The number of hydrogen-bond donors (Lipinski definition) is 1. The lowest BCUT2D eigenvalue weighted by Crippen LogP contribution is -2.39. The van der Waals surface area contributed by atoms with Crippen LogP contribution in [0.4, 0.5) is 5.69 Å². The maximum atomic E-state index is 5.97. The number of fused-ring (bicyclic) bond motifs is 1. The molecule has 5 nitrogen and oxygen atoms in total. The van der Waals surface area contributed by atoms with Gasteiger partial charge in [0.25, 0.3) is 0 Å². The lowest BCUT2D eigenvalue weighted by Gasteiger charge is -2.36. The quantitative estimate of drug-likeness (QED) is 0.902. The summed E-state index contributed by atoms with van der Waals surface area (Å²) < 4.78 is 7.63. The molecule has 1 aliphatic rings. The normalized spacial score (nSPS) is 15.8. The molecule has 100 valence electrons. The Hall–Kier alpha value is -2.01. The molecule has 0 saturated heterocycles. The highest BCUT2D eigenvalue weighted by atomic mass is 16.5. The molecule has 5 heteroatoms. The third-order valence-electron chi connectivity index (χ3n) is 3.43. The first-order chi connectivity index (χ1) is 9.29. The van der Waals surface area contributed by atoms with Crippen molar-refractivity contribution in [2.75, 3.05) is 24.6 Å². The van der Waals surface area contributed by atoms with E-state index in [1.807, 2.05) is 42.3 Å². The summed E-state index contributed by atoms with van der Waals surface area (Å²) in [6.45, 7) is 2.04. The Morgan fingerprint density at radius 3 is 3.00 bits per heavy atom. The van der Waals surface area contributed by atoms with Gasteiger partial charge in [0.1, 0.15) is 12.4 Å². The molecule has 0 fully saturated rings. The highest BCUT2D eigenvalue weighted by molar-refractivity contribution is 5.60. The lowest BCUT2D eigenvalue weighted by molar-refractivity contribution is 0.300. The summed E-state index contributed by atoms with van der Waals surface area (Å²) in [5.41, 5.74) is 8.06. The molecule has 2 aromatic rings. The molecule has 1 atom stereocenters. The van der Waals surface area contributed by atoms with Crippen molar-refractivity contribution in [1.82, 2.24) is 9.55 Å². The number of nitrogens with zero attached hydrogens (tertiary/aromatic N) is 3. The van der Waals surface area contributed by atoms with Crippen LogP contribution in [-0.4, -0.2) is 29.2 Å². The highest BCUT2D eigenvalue weighted by Crippen LogP contribution is 2.35. The van der Waals surface area contributed by atoms with E-state index in [1.54, 1.807) is 0 Å². The number of nitrogens with two attached hydrogens (primary N) is 1. The minimum Gasteiger partial charge on any atom is -0.490 e. The van der Waals surface area contributed by atoms with Crippen LogP contribution in [-0.2, 0) is 7.05 Å². The maximum absolute atomic E-state index is 5.97. The number of imidazole rings is 1. The molecular formula is C14H18N4O. The molecule has 1 aromatic carbocycles. The summed E-state index contributed by atoms with van der Waals surface area (Å²) in [5, 5.41) is 0. The van der Waals surface area contributed by atoms with E-state index < -0.39 is 0 Å². The van der Waals surface area contributed by atoms with E-state index in [0.29, 0.717) is 13.2 Å². The van der Waals surface area contributed by atoms with Gasteiger partial charge in [0.05, 0.1) is 30.3 Å². The number of ether oxygens (including phenoxy) is 1. The van der Waals surface area contributed by atoms with Crippen molar-refractivity contribution >= 4 is 5.69 Å². The zero-order valence-electron chi connectivity index (χ0n) is 11.0. The van der Waals surface area contributed by atoms with Gasteiger partial charge in [-0.3, -0.25) is 0 Å². The first-order valence-corrected chi connectivity index (χ1v) is 6.46. The Morgan fingerprint density at radius 1 is 1.42 bits per heavy atom. The van der Waals surface area contributed by atoms with Crippen LogP contribution in [0.25, 0.3) is 0 Å². The highest BCUT2D eigenvalue weighted by Gasteiger charge is 2.26. The molecule has 3 rings (SSSR count). The van der Waals surface area contributed by atoms with Crippen LogP contribution in [0.3, 0.4) is 0 Å². The molecule has 1 aliphatic heterocycles. The van der Waals surface area contributed by atoms with Crippen molar-refractivity contribution in [2.45, 2.75) is 6.04 Å². The molecule has 19 heavy (non-hydrogen) atoms. The number of anilines is 1. The fourth-order valence-corrected chi connectivity index (χ4v) is 2.53. The van der Waals surface area contributed by atoms with Gasteiger partial charge in [-0.25, -0.2) is 4.98 Å². The molecule has 0 radical (unpaired) electrons. The van der Waals surface area contributed by atoms with Crippen molar-refractivity contribution in [3.63, 3.8) is 0 Å². The second-order valence-electron chi connectivity index (χ2n) is 4.73. The van der Waals surface area contributed by atoms with Gasteiger partial charge in [-0.05, 0) is 12.1 Å². The largest absolute Gasteiger partial charge is 0.490 e. The van der Waals surface area contributed by atoms with Crippen LogP contribution < -0.4 is 15.4 Å². The van der Waals surface area contributed by atoms with Crippen molar-refractivity contribution in [3.05, 3.63) is 42.5 Å². The number of benzene rings is 1. The number of para-hydroxylation sites is 2. The number of rotatable bonds is 3. The fourth-order valence-electron chi connectivity index (χ4n) is 2.53. The standard InChI is InChI=1S/C14H18N4O/c1-17-9-11(16-10-17)13(8-15)18-6-7-19-14-5-3-2-4-12(14)18/h2-5,9-10,13H,6-8,15H2,1H3. The van der Waals surface area contributed by atoms with Crippen LogP contribution in [0.15, 0.2) is 36.8 Å². The maximum Gasteiger partial charge on any atom is 0.142 e. The summed E-state index contributed by atoms with van der Waals surface area (Å²) in [6, 6.07) is 8.16. The lowest BCUT2D eigenvalue weighted by atomic mass is 10.1. The molecule has 2 heterocycles. The van der Waals surface area contributed by atoms with Crippen molar-refractivity contribution in [1.29, 1.82) is 0 Å². The van der Waals surface area contributed by atoms with Crippen LogP contribution >= 0.6 is 0 Å². The Balaban J connectivity index is 1.97. The van der Waals surface area contributed by atoms with E-state index in [2.05, 4.69) is 16.0 Å². The van der Waals surface area contributed by atoms with E-state index >= 15 is 0 Å². The molecular weight excluding hydrogens is 240 g/mol. The minimum atomic E-state index is 0.0891. The van der Waals surface area contributed by atoms with E-state index in [4.69, 9.17) is 10.5 Å². The van der Waals surface area contributed by atoms with Crippen LogP contribution in [0.2, 0.25) is 0 Å². The third kappa shape index (κ3) is 2.17. The predicted molar refractivity (Wildman–Crippen MR) is 74.3 cm³/mol. The van der Waals surface area contributed by atoms with Gasteiger partial charge >= 0.3 is 0 Å². The molecule has 2 N–H and O–H groups in total. The summed E-state index contributed by atoms with van der Waals surface area (Å²) in [6.07, 6.45) is 3.83. The number of hydrogen-bond acceptors (Lipinski definition) is 4. The first kappa shape index (κ1) is 12.0. The summed E-state index contributed by atoms with van der Waals surface area (Å²) in [5.74, 6) is 0.920. The van der Waals surface area contributed by atoms with Gasteiger partial charge in [0.15, 0.2) is 0 Å². The van der Waals surface area contributed by atoms with Gasteiger partial charge in [-0.15, -0.1) is 0 Å². The number of aromatic nitrogens is 2. The zero-order valence-corrected chi connectivity index (χ0v) is 11.0. The van der Waals surface area contributed by atoms with Gasteiger partial charge in [0.2, 0.25) is 0 Å². The Kier molecular flexibility index (Phi) is 3.13. The van der Waals surface area contributed by atoms with Gasteiger partial charge in [-0.1, -0.05) is 12.1 Å². The topological polar surface area (TPSA) is 56.3 Å². The molecule has 1 aromatic heterocycles. The monoisotopic (exact) mass is 258 g/mol. The second kappa shape index (κ2) is 4.93. The molecule has 0 aliphatic carbocycles. The fraction of sp³-hybridized carbons (Fsp3) is 0.357. The van der Waals surface area contributed by atoms with Gasteiger partial charge < -0.3 is 19.9 Å². The van der Waals surface area contributed by atoms with E-state index in [0.717, 1.165) is 23.7 Å². The summed E-state index contributed by atoms with van der Waals surface area (Å²) in [7, 11) is 1.97. The van der Waals surface area contributed by atoms with E-state index in [9.17, 15) is 0 Å². The summed E-state index contributed by atoms with van der Waals surface area (Å²) in [4.78, 5) is 6.71. The Bertz CT molecular complexity index is 566. The zero-order chi connectivity index (χ0) is 13.2. The first-order valence-electron chi connectivity index (χ1n) is 6.46. The average molecular weight is 258 g/mol.